The summed E-state index contributed by atoms with van der Waals surface area (Å²) in [6.45, 7) is 8.65. The standard InChI is InChI=1S/C15H24N2O2S/c1-10-7-11(2)15(12(3)8-10)20(18,19)17-14-5-6-16-13(4)9-14/h7-8,13-14,16-17H,5-6,9H2,1-4H3. The van der Waals surface area contributed by atoms with E-state index in [9.17, 15) is 8.42 Å². The molecule has 1 aliphatic rings. The predicted molar refractivity (Wildman–Crippen MR) is 81.5 cm³/mol. The largest absolute Gasteiger partial charge is 0.314 e. The third-order valence-corrected chi connectivity index (χ3v) is 5.64. The molecule has 20 heavy (non-hydrogen) atoms. The Hall–Kier alpha value is -0.910. The van der Waals surface area contributed by atoms with Gasteiger partial charge < -0.3 is 5.32 Å². The van der Waals surface area contributed by atoms with Gasteiger partial charge in [-0.05, 0) is 58.2 Å². The highest BCUT2D eigenvalue weighted by Gasteiger charge is 2.26. The molecule has 0 bridgehead atoms. The van der Waals surface area contributed by atoms with Crippen LogP contribution in [-0.4, -0.2) is 27.0 Å². The zero-order valence-corrected chi connectivity index (χ0v) is 13.5. The lowest BCUT2D eigenvalue weighted by atomic mass is 10.0. The fraction of sp³-hybridized carbons (Fsp3) is 0.600. The van der Waals surface area contributed by atoms with Crippen LogP contribution in [-0.2, 0) is 10.0 Å². The number of piperidine rings is 1. The number of hydrogen-bond donors (Lipinski definition) is 2. The van der Waals surface area contributed by atoms with Gasteiger partial charge in [0, 0.05) is 12.1 Å². The van der Waals surface area contributed by atoms with E-state index in [0.29, 0.717) is 10.9 Å². The van der Waals surface area contributed by atoms with E-state index in [-0.39, 0.29) is 6.04 Å². The van der Waals surface area contributed by atoms with E-state index in [0.717, 1.165) is 36.1 Å². The van der Waals surface area contributed by atoms with Crippen LogP contribution in [0, 0.1) is 20.8 Å². The highest BCUT2D eigenvalue weighted by atomic mass is 32.2. The van der Waals surface area contributed by atoms with Crippen LogP contribution in [0.15, 0.2) is 17.0 Å². The Kier molecular flexibility index (Phi) is 4.52. The van der Waals surface area contributed by atoms with Gasteiger partial charge in [-0.15, -0.1) is 0 Å². The van der Waals surface area contributed by atoms with Crippen molar-refractivity contribution in [1.29, 1.82) is 0 Å². The molecule has 1 saturated heterocycles. The first-order valence-electron chi connectivity index (χ1n) is 7.13. The molecule has 1 aromatic carbocycles. The lowest BCUT2D eigenvalue weighted by Crippen LogP contribution is -2.46. The average molecular weight is 296 g/mol. The molecule has 1 fully saturated rings. The molecule has 1 heterocycles. The lowest BCUT2D eigenvalue weighted by molar-refractivity contribution is 0.361. The van der Waals surface area contributed by atoms with Crippen molar-refractivity contribution in [2.75, 3.05) is 6.54 Å². The van der Waals surface area contributed by atoms with Crippen LogP contribution < -0.4 is 10.0 Å². The summed E-state index contributed by atoms with van der Waals surface area (Å²) < 4.78 is 28.1. The summed E-state index contributed by atoms with van der Waals surface area (Å²) in [7, 11) is -3.44. The van der Waals surface area contributed by atoms with E-state index < -0.39 is 10.0 Å². The zero-order valence-electron chi connectivity index (χ0n) is 12.7. The van der Waals surface area contributed by atoms with E-state index in [4.69, 9.17) is 0 Å². The molecule has 2 unspecified atom stereocenters. The van der Waals surface area contributed by atoms with Gasteiger partial charge in [-0.25, -0.2) is 13.1 Å². The molecule has 0 spiro atoms. The second kappa shape index (κ2) is 5.84. The molecule has 2 rings (SSSR count). The van der Waals surface area contributed by atoms with Crippen LogP contribution in [0.2, 0.25) is 0 Å². The number of rotatable bonds is 3. The zero-order chi connectivity index (χ0) is 14.9. The van der Waals surface area contributed by atoms with E-state index in [1.165, 1.54) is 0 Å². The number of hydrogen-bond acceptors (Lipinski definition) is 3. The van der Waals surface area contributed by atoms with Gasteiger partial charge in [0.2, 0.25) is 10.0 Å². The van der Waals surface area contributed by atoms with Crippen molar-refractivity contribution < 1.29 is 8.42 Å². The highest BCUT2D eigenvalue weighted by Crippen LogP contribution is 2.23. The van der Waals surface area contributed by atoms with E-state index in [1.54, 1.807) is 0 Å². The normalized spacial score (nSPS) is 23.8. The number of nitrogens with one attached hydrogen (secondary N) is 2. The molecule has 1 aliphatic heterocycles. The summed E-state index contributed by atoms with van der Waals surface area (Å²) in [6, 6.07) is 4.23. The Morgan fingerprint density at radius 1 is 1.20 bits per heavy atom. The van der Waals surface area contributed by atoms with Crippen molar-refractivity contribution in [2.45, 2.75) is 57.5 Å². The minimum absolute atomic E-state index is 0.0244. The molecule has 0 saturated carbocycles. The Balaban J connectivity index is 2.27. The van der Waals surface area contributed by atoms with Crippen LogP contribution >= 0.6 is 0 Å². The average Bonchev–Trinajstić information content (AvgIpc) is 2.25. The van der Waals surface area contributed by atoms with Gasteiger partial charge in [-0.1, -0.05) is 17.7 Å². The molecule has 112 valence electrons. The summed E-state index contributed by atoms with van der Waals surface area (Å²) in [5, 5.41) is 3.33. The molecule has 2 atom stereocenters. The van der Waals surface area contributed by atoms with Crippen molar-refractivity contribution >= 4 is 10.0 Å². The third kappa shape index (κ3) is 3.40. The van der Waals surface area contributed by atoms with Crippen LogP contribution in [0.5, 0.6) is 0 Å². The third-order valence-electron chi connectivity index (χ3n) is 3.82. The van der Waals surface area contributed by atoms with Crippen molar-refractivity contribution in [3.8, 4) is 0 Å². The molecule has 1 aromatic rings. The van der Waals surface area contributed by atoms with Crippen LogP contribution in [0.3, 0.4) is 0 Å². The van der Waals surface area contributed by atoms with E-state index >= 15 is 0 Å². The Labute approximate surface area is 122 Å². The van der Waals surface area contributed by atoms with Crippen LogP contribution in [0.4, 0.5) is 0 Å². The van der Waals surface area contributed by atoms with Gasteiger partial charge >= 0.3 is 0 Å². The molecular weight excluding hydrogens is 272 g/mol. The maximum absolute atomic E-state index is 12.6. The van der Waals surface area contributed by atoms with Gasteiger partial charge in [0.25, 0.3) is 0 Å². The molecule has 0 aromatic heterocycles. The Morgan fingerprint density at radius 2 is 1.80 bits per heavy atom. The topological polar surface area (TPSA) is 58.2 Å². The molecule has 0 amide bonds. The Bertz CT molecular complexity index is 573. The number of sulfonamides is 1. The van der Waals surface area contributed by atoms with Crippen molar-refractivity contribution in [1.82, 2.24) is 10.0 Å². The van der Waals surface area contributed by atoms with Gasteiger partial charge in [0.1, 0.15) is 0 Å². The lowest BCUT2D eigenvalue weighted by Gasteiger charge is -2.29. The smallest absolute Gasteiger partial charge is 0.241 e. The van der Waals surface area contributed by atoms with Crippen LogP contribution in [0.1, 0.15) is 36.5 Å². The molecule has 0 aliphatic carbocycles. The van der Waals surface area contributed by atoms with E-state index in [1.807, 2.05) is 32.9 Å². The summed E-state index contributed by atoms with van der Waals surface area (Å²) in [5.74, 6) is 0. The second-order valence-electron chi connectivity index (χ2n) is 5.93. The number of aryl methyl sites for hydroxylation is 3. The first-order valence-corrected chi connectivity index (χ1v) is 8.61. The highest BCUT2D eigenvalue weighted by molar-refractivity contribution is 7.89. The quantitative estimate of drug-likeness (QED) is 0.897. The molecular formula is C15H24N2O2S. The van der Waals surface area contributed by atoms with Crippen molar-refractivity contribution in [3.63, 3.8) is 0 Å². The molecule has 5 heteroatoms. The summed E-state index contributed by atoms with van der Waals surface area (Å²) in [5.41, 5.74) is 2.73. The van der Waals surface area contributed by atoms with Crippen molar-refractivity contribution in [3.05, 3.63) is 28.8 Å². The second-order valence-corrected chi connectivity index (χ2v) is 7.58. The molecule has 0 radical (unpaired) electrons. The summed E-state index contributed by atoms with van der Waals surface area (Å²) >= 11 is 0. The van der Waals surface area contributed by atoms with Gasteiger partial charge in [-0.3, -0.25) is 0 Å². The Morgan fingerprint density at radius 3 is 2.35 bits per heavy atom. The summed E-state index contributed by atoms with van der Waals surface area (Å²) in [6.07, 6.45) is 1.68. The van der Waals surface area contributed by atoms with Gasteiger partial charge in [-0.2, -0.15) is 0 Å². The number of benzene rings is 1. The minimum Gasteiger partial charge on any atom is -0.314 e. The van der Waals surface area contributed by atoms with Crippen molar-refractivity contribution in [2.24, 2.45) is 0 Å². The minimum atomic E-state index is -3.44. The molecule has 4 nitrogen and oxygen atoms in total. The van der Waals surface area contributed by atoms with E-state index in [2.05, 4.69) is 17.0 Å². The predicted octanol–water partition coefficient (Wildman–Crippen LogP) is 2.03. The maximum atomic E-state index is 12.6. The fourth-order valence-electron chi connectivity index (χ4n) is 3.11. The van der Waals surface area contributed by atoms with Gasteiger partial charge in [0.15, 0.2) is 0 Å². The fourth-order valence-corrected chi connectivity index (χ4v) is 4.84. The SMILES string of the molecule is Cc1cc(C)c(S(=O)(=O)NC2CCNC(C)C2)c(C)c1. The first-order chi connectivity index (χ1) is 9.29. The first kappa shape index (κ1) is 15.5. The maximum Gasteiger partial charge on any atom is 0.241 e. The van der Waals surface area contributed by atoms with Crippen LogP contribution in [0.25, 0.3) is 0 Å². The molecule has 2 N–H and O–H groups in total. The summed E-state index contributed by atoms with van der Waals surface area (Å²) in [4.78, 5) is 0.439. The van der Waals surface area contributed by atoms with Gasteiger partial charge in [0.05, 0.1) is 4.90 Å². The monoisotopic (exact) mass is 296 g/mol.